The summed E-state index contributed by atoms with van der Waals surface area (Å²) in [6.45, 7) is 6.81. The molecular formula is C20H26N8+2. The number of aromatic nitrogens is 4. The van der Waals surface area contributed by atoms with E-state index >= 15 is 0 Å². The lowest BCUT2D eigenvalue weighted by Gasteiger charge is -2.27. The van der Waals surface area contributed by atoms with Crippen LogP contribution in [0, 0.1) is 6.92 Å². The molecule has 0 radical (unpaired) electrons. The average molecular weight is 378 g/mol. The average Bonchev–Trinajstić information content (AvgIpc) is 2.71. The monoisotopic (exact) mass is 378 g/mol. The van der Waals surface area contributed by atoms with Crippen LogP contribution >= 0.6 is 0 Å². The molecule has 0 amide bonds. The SMILES string of the molecule is Cc1ccccc1Nc1nc(N)nc(C[NH+]2CCN(c3cccc[nH+]3)CC2)n1. The van der Waals surface area contributed by atoms with Crippen LogP contribution in [0.25, 0.3) is 0 Å². The van der Waals surface area contributed by atoms with Crippen LogP contribution in [0.3, 0.4) is 0 Å². The third kappa shape index (κ3) is 4.34. The van der Waals surface area contributed by atoms with E-state index in [-0.39, 0.29) is 5.95 Å². The topological polar surface area (TPSA) is 98.5 Å². The molecular weight excluding hydrogens is 352 g/mol. The van der Waals surface area contributed by atoms with Crippen LogP contribution in [-0.2, 0) is 6.54 Å². The van der Waals surface area contributed by atoms with E-state index < -0.39 is 0 Å². The van der Waals surface area contributed by atoms with Crippen molar-refractivity contribution < 1.29 is 9.88 Å². The number of aryl methyl sites for hydroxylation is 1. The van der Waals surface area contributed by atoms with Gasteiger partial charge in [-0.2, -0.15) is 15.0 Å². The molecule has 1 fully saturated rings. The van der Waals surface area contributed by atoms with E-state index in [1.165, 1.54) is 4.90 Å². The molecule has 8 heteroatoms. The first-order valence-corrected chi connectivity index (χ1v) is 9.56. The van der Waals surface area contributed by atoms with Crippen LogP contribution in [-0.4, -0.2) is 41.1 Å². The van der Waals surface area contributed by atoms with Gasteiger partial charge >= 0.3 is 0 Å². The Morgan fingerprint density at radius 1 is 1.07 bits per heavy atom. The first-order chi connectivity index (χ1) is 13.7. The Hall–Kier alpha value is -3.26. The molecule has 5 N–H and O–H groups in total. The Balaban J connectivity index is 1.40. The number of hydrogen-bond donors (Lipinski definition) is 3. The summed E-state index contributed by atoms with van der Waals surface area (Å²) in [7, 11) is 0. The highest BCUT2D eigenvalue weighted by Gasteiger charge is 2.26. The van der Waals surface area contributed by atoms with Gasteiger partial charge in [-0.15, -0.1) is 0 Å². The zero-order valence-electron chi connectivity index (χ0n) is 16.0. The van der Waals surface area contributed by atoms with Crippen molar-refractivity contribution in [3.8, 4) is 0 Å². The van der Waals surface area contributed by atoms with Crippen LogP contribution in [0.15, 0.2) is 48.7 Å². The van der Waals surface area contributed by atoms with Crippen molar-refractivity contribution in [2.75, 3.05) is 42.1 Å². The highest BCUT2D eigenvalue weighted by atomic mass is 15.3. The normalized spacial score (nSPS) is 14.8. The number of anilines is 4. The molecule has 0 bridgehead atoms. The van der Waals surface area contributed by atoms with Gasteiger partial charge in [0, 0.05) is 11.8 Å². The molecule has 1 aromatic carbocycles. The van der Waals surface area contributed by atoms with Crippen LogP contribution in [0.2, 0.25) is 0 Å². The number of para-hydroxylation sites is 1. The Morgan fingerprint density at radius 3 is 2.61 bits per heavy atom. The molecule has 0 unspecified atom stereocenters. The van der Waals surface area contributed by atoms with Gasteiger partial charge in [0.05, 0.1) is 6.20 Å². The van der Waals surface area contributed by atoms with Gasteiger partial charge in [0.1, 0.15) is 32.7 Å². The zero-order chi connectivity index (χ0) is 19.3. The number of H-pyrrole nitrogens is 1. The summed E-state index contributed by atoms with van der Waals surface area (Å²) in [4.78, 5) is 20.3. The van der Waals surface area contributed by atoms with Crippen molar-refractivity contribution in [1.82, 2.24) is 15.0 Å². The van der Waals surface area contributed by atoms with E-state index in [1.807, 2.05) is 43.5 Å². The number of pyridine rings is 1. The van der Waals surface area contributed by atoms with Crippen LogP contribution in [0.5, 0.6) is 0 Å². The fraction of sp³-hybridized carbons (Fsp3) is 0.300. The molecule has 1 aliphatic rings. The molecule has 3 heterocycles. The smallest absolute Gasteiger partial charge is 0.274 e. The number of rotatable bonds is 5. The lowest BCUT2D eigenvalue weighted by molar-refractivity contribution is -0.915. The summed E-state index contributed by atoms with van der Waals surface area (Å²) in [6.07, 6.45) is 1.96. The van der Waals surface area contributed by atoms with Gasteiger partial charge in [-0.25, -0.2) is 4.98 Å². The maximum Gasteiger partial charge on any atom is 0.274 e. The molecule has 0 aliphatic carbocycles. The number of nitrogens with zero attached hydrogens (tertiary/aromatic N) is 4. The molecule has 4 rings (SSSR count). The summed E-state index contributed by atoms with van der Waals surface area (Å²) in [6, 6.07) is 14.2. The van der Waals surface area contributed by atoms with Crippen molar-refractivity contribution in [1.29, 1.82) is 0 Å². The van der Waals surface area contributed by atoms with Gasteiger partial charge in [0.2, 0.25) is 11.9 Å². The Bertz CT molecular complexity index is 922. The van der Waals surface area contributed by atoms with Crippen molar-refractivity contribution >= 4 is 23.4 Å². The number of quaternary nitrogens is 1. The number of aromatic amines is 1. The number of hydrogen-bond acceptors (Lipinski definition) is 6. The predicted molar refractivity (Wildman–Crippen MR) is 108 cm³/mol. The highest BCUT2D eigenvalue weighted by Crippen LogP contribution is 2.17. The van der Waals surface area contributed by atoms with E-state index in [2.05, 4.69) is 42.3 Å². The second kappa shape index (κ2) is 8.18. The minimum atomic E-state index is 0.248. The molecule has 3 aromatic rings. The molecule has 0 saturated carbocycles. The molecule has 0 atom stereocenters. The molecule has 8 nitrogen and oxygen atoms in total. The summed E-state index contributed by atoms with van der Waals surface area (Å²) in [5.74, 6) is 2.63. The Morgan fingerprint density at radius 2 is 1.86 bits per heavy atom. The van der Waals surface area contributed by atoms with E-state index in [0.717, 1.165) is 55.6 Å². The van der Waals surface area contributed by atoms with E-state index in [0.29, 0.717) is 5.95 Å². The van der Waals surface area contributed by atoms with Crippen molar-refractivity contribution in [2.24, 2.45) is 0 Å². The lowest BCUT2D eigenvalue weighted by atomic mass is 10.2. The summed E-state index contributed by atoms with van der Waals surface area (Å²) >= 11 is 0. The second-order valence-corrected chi connectivity index (χ2v) is 7.04. The first-order valence-electron chi connectivity index (χ1n) is 9.56. The molecule has 0 spiro atoms. The van der Waals surface area contributed by atoms with Crippen LogP contribution in [0.1, 0.15) is 11.4 Å². The van der Waals surface area contributed by atoms with Crippen molar-refractivity contribution in [3.05, 3.63) is 60.0 Å². The largest absolute Gasteiger partial charge is 0.368 e. The minimum Gasteiger partial charge on any atom is -0.368 e. The maximum atomic E-state index is 5.93. The van der Waals surface area contributed by atoms with Gasteiger partial charge < -0.3 is 16.0 Å². The second-order valence-electron chi connectivity index (χ2n) is 7.04. The first kappa shape index (κ1) is 18.1. The van der Waals surface area contributed by atoms with Crippen LogP contribution in [0.4, 0.5) is 23.4 Å². The third-order valence-corrected chi connectivity index (χ3v) is 5.00. The van der Waals surface area contributed by atoms with Crippen molar-refractivity contribution in [3.63, 3.8) is 0 Å². The molecule has 1 aliphatic heterocycles. The molecule has 2 aromatic heterocycles. The molecule has 1 saturated heterocycles. The maximum absolute atomic E-state index is 5.93. The standard InChI is InChI=1S/C20H24N8/c1-15-6-2-3-7-16(15)23-20-25-17(24-19(21)26-20)14-27-10-12-28(13-11-27)18-8-4-5-9-22-18/h2-9H,10-14H2,1H3,(H3,21,23,24,25,26)/p+2. The van der Waals surface area contributed by atoms with E-state index in [9.17, 15) is 0 Å². The third-order valence-electron chi connectivity index (χ3n) is 5.00. The van der Waals surface area contributed by atoms with Gasteiger partial charge in [-0.05, 0) is 24.6 Å². The number of benzene rings is 1. The highest BCUT2D eigenvalue weighted by molar-refractivity contribution is 5.58. The van der Waals surface area contributed by atoms with Gasteiger partial charge in [-0.1, -0.05) is 24.3 Å². The fourth-order valence-electron chi connectivity index (χ4n) is 3.45. The van der Waals surface area contributed by atoms with Gasteiger partial charge in [0.25, 0.3) is 5.82 Å². The number of nitrogens with two attached hydrogens (primary N) is 1. The fourth-order valence-corrected chi connectivity index (χ4v) is 3.45. The van der Waals surface area contributed by atoms with E-state index in [4.69, 9.17) is 5.73 Å². The summed E-state index contributed by atoms with van der Waals surface area (Å²) < 4.78 is 0. The van der Waals surface area contributed by atoms with E-state index in [1.54, 1.807) is 0 Å². The quantitative estimate of drug-likeness (QED) is 0.588. The zero-order valence-corrected chi connectivity index (χ0v) is 16.0. The minimum absolute atomic E-state index is 0.248. The number of nitrogen functional groups attached to an aromatic ring is 1. The Kier molecular flexibility index (Phi) is 5.29. The number of piperazine rings is 1. The molecule has 28 heavy (non-hydrogen) atoms. The van der Waals surface area contributed by atoms with Gasteiger partial charge in [-0.3, -0.25) is 4.90 Å². The molecule has 144 valence electrons. The summed E-state index contributed by atoms with van der Waals surface area (Å²) in [5.41, 5.74) is 8.03. The van der Waals surface area contributed by atoms with Crippen LogP contribution < -0.4 is 25.8 Å². The lowest BCUT2D eigenvalue weighted by Crippen LogP contribution is -3.13. The Labute approximate surface area is 164 Å². The van der Waals surface area contributed by atoms with Gasteiger partial charge in [0.15, 0.2) is 5.82 Å². The number of nitrogens with one attached hydrogen (secondary N) is 3. The summed E-state index contributed by atoms with van der Waals surface area (Å²) in [5, 5.41) is 3.26. The van der Waals surface area contributed by atoms with Crippen molar-refractivity contribution in [2.45, 2.75) is 13.5 Å². The predicted octanol–water partition coefficient (Wildman–Crippen LogP) is 0.225.